The zero-order valence-corrected chi connectivity index (χ0v) is 8.87. The molecule has 2 atom stereocenters. The fourth-order valence-corrected chi connectivity index (χ4v) is 2.22. The zero-order valence-electron chi connectivity index (χ0n) is 8.87. The van der Waals surface area contributed by atoms with Crippen LogP contribution >= 0.6 is 0 Å². The third-order valence-corrected chi connectivity index (χ3v) is 3.45. The molecule has 0 radical (unpaired) electrons. The van der Waals surface area contributed by atoms with Gasteiger partial charge in [0.1, 0.15) is 0 Å². The van der Waals surface area contributed by atoms with E-state index >= 15 is 0 Å². The van der Waals surface area contributed by atoms with Gasteiger partial charge in [0.2, 0.25) is 0 Å². The summed E-state index contributed by atoms with van der Waals surface area (Å²) in [6.45, 7) is 4.34. The third kappa shape index (κ3) is 2.96. The quantitative estimate of drug-likeness (QED) is 0.705. The van der Waals surface area contributed by atoms with Crippen LogP contribution in [0.4, 0.5) is 0 Å². The molecule has 1 aliphatic rings. The van der Waals surface area contributed by atoms with E-state index in [1.165, 1.54) is 12.8 Å². The van der Waals surface area contributed by atoms with Gasteiger partial charge in [-0.25, -0.2) is 0 Å². The predicted molar refractivity (Wildman–Crippen MR) is 55.4 cm³/mol. The van der Waals surface area contributed by atoms with Crippen molar-refractivity contribution in [2.75, 3.05) is 0 Å². The number of aliphatic hydroxyl groups is 1. The van der Waals surface area contributed by atoms with Crippen LogP contribution in [-0.2, 0) is 0 Å². The first kappa shape index (κ1) is 11.0. The lowest BCUT2D eigenvalue weighted by Crippen LogP contribution is -2.40. The number of nitrogens with two attached hydrogens (primary N) is 1. The third-order valence-electron chi connectivity index (χ3n) is 3.45. The topological polar surface area (TPSA) is 46.2 Å². The highest BCUT2D eigenvalue weighted by atomic mass is 16.3. The number of hydrogen-bond acceptors (Lipinski definition) is 2. The average Bonchev–Trinajstić information content (AvgIpc) is 2.17. The van der Waals surface area contributed by atoms with Gasteiger partial charge in [0.05, 0.1) is 6.10 Å². The Kier molecular flexibility index (Phi) is 4.20. The molecule has 1 saturated carbocycles. The Morgan fingerprint density at radius 1 is 1.31 bits per heavy atom. The van der Waals surface area contributed by atoms with Crippen LogP contribution in [0, 0.1) is 11.8 Å². The molecule has 0 heterocycles. The molecule has 0 spiro atoms. The first-order valence-electron chi connectivity index (χ1n) is 5.58. The van der Waals surface area contributed by atoms with Gasteiger partial charge in [-0.3, -0.25) is 0 Å². The van der Waals surface area contributed by atoms with E-state index in [-0.39, 0.29) is 12.1 Å². The van der Waals surface area contributed by atoms with E-state index < -0.39 is 0 Å². The van der Waals surface area contributed by atoms with Crippen LogP contribution in [0.3, 0.4) is 0 Å². The summed E-state index contributed by atoms with van der Waals surface area (Å²) in [7, 11) is 0. The van der Waals surface area contributed by atoms with Crippen molar-refractivity contribution >= 4 is 0 Å². The first-order chi connectivity index (χ1) is 6.15. The molecule has 0 saturated heterocycles. The van der Waals surface area contributed by atoms with E-state index in [1.54, 1.807) is 0 Å². The van der Waals surface area contributed by atoms with Crippen molar-refractivity contribution in [2.24, 2.45) is 17.6 Å². The summed E-state index contributed by atoms with van der Waals surface area (Å²) < 4.78 is 0. The molecule has 1 unspecified atom stereocenters. The van der Waals surface area contributed by atoms with Gasteiger partial charge < -0.3 is 10.8 Å². The zero-order chi connectivity index (χ0) is 9.84. The van der Waals surface area contributed by atoms with Crippen LogP contribution in [0.15, 0.2) is 0 Å². The largest absolute Gasteiger partial charge is 0.391 e. The Morgan fingerprint density at radius 2 is 1.85 bits per heavy atom. The van der Waals surface area contributed by atoms with Crippen LogP contribution in [0.2, 0.25) is 0 Å². The molecule has 3 N–H and O–H groups in total. The van der Waals surface area contributed by atoms with Gasteiger partial charge in [-0.1, -0.05) is 26.7 Å². The van der Waals surface area contributed by atoms with E-state index in [9.17, 15) is 5.11 Å². The molecule has 0 aromatic carbocycles. The molecule has 1 rings (SSSR count). The summed E-state index contributed by atoms with van der Waals surface area (Å²) in [6, 6.07) is -0.0154. The van der Waals surface area contributed by atoms with Gasteiger partial charge in [-0.15, -0.1) is 0 Å². The van der Waals surface area contributed by atoms with Crippen molar-refractivity contribution in [1.29, 1.82) is 0 Å². The van der Waals surface area contributed by atoms with Crippen molar-refractivity contribution in [2.45, 2.75) is 58.1 Å². The Bertz CT molecular complexity index is 141. The Balaban J connectivity index is 2.35. The second-order valence-corrected chi connectivity index (χ2v) is 4.58. The van der Waals surface area contributed by atoms with Crippen molar-refractivity contribution < 1.29 is 5.11 Å². The van der Waals surface area contributed by atoms with E-state index in [4.69, 9.17) is 5.73 Å². The Morgan fingerprint density at radius 3 is 2.31 bits per heavy atom. The van der Waals surface area contributed by atoms with Gasteiger partial charge in [0, 0.05) is 6.04 Å². The lowest BCUT2D eigenvalue weighted by atomic mass is 9.78. The summed E-state index contributed by atoms with van der Waals surface area (Å²) in [4.78, 5) is 0. The maximum atomic E-state index is 9.90. The molecule has 78 valence electrons. The lowest BCUT2D eigenvalue weighted by Gasteiger charge is -2.32. The van der Waals surface area contributed by atoms with Crippen LogP contribution in [0.25, 0.3) is 0 Å². The number of aliphatic hydroxyl groups excluding tert-OH is 1. The average molecular weight is 185 g/mol. The highest BCUT2D eigenvalue weighted by Gasteiger charge is 2.27. The molecule has 0 bridgehead atoms. The van der Waals surface area contributed by atoms with E-state index in [1.807, 2.05) is 6.92 Å². The molecular weight excluding hydrogens is 162 g/mol. The molecule has 13 heavy (non-hydrogen) atoms. The molecule has 0 aliphatic heterocycles. The number of rotatable bonds is 3. The molecule has 2 heteroatoms. The van der Waals surface area contributed by atoms with Gasteiger partial charge in [-0.2, -0.15) is 0 Å². The van der Waals surface area contributed by atoms with Crippen LogP contribution in [0.5, 0.6) is 0 Å². The summed E-state index contributed by atoms with van der Waals surface area (Å²) in [5.74, 6) is 1.31. The maximum absolute atomic E-state index is 9.90. The van der Waals surface area contributed by atoms with Crippen LogP contribution in [0.1, 0.15) is 46.0 Å². The van der Waals surface area contributed by atoms with Gasteiger partial charge in [0.15, 0.2) is 0 Å². The van der Waals surface area contributed by atoms with Crippen molar-refractivity contribution in [1.82, 2.24) is 0 Å². The minimum atomic E-state index is -0.266. The molecule has 2 nitrogen and oxygen atoms in total. The summed E-state index contributed by atoms with van der Waals surface area (Å²) in [5.41, 5.74) is 5.83. The van der Waals surface area contributed by atoms with Crippen molar-refractivity contribution in [3.8, 4) is 0 Å². The fourth-order valence-electron chi connectivity index (χ4n) is 2.22. The van der Waals surface area contributed by atoms with Gasteiger partial charge in [0.25, 0.3) is 0 Å². The first-order valence-corrected chi connectivity index (χ1v) is 5.58. The highest BCUT2D eigenvalue weighted by Crippen LogP contribution is 2.31. The van der Waals surface area contributed by atoms with Crippen molar-refractivity contribution in [3.63, 3.8) is 0 Å². The standard InChI is InChI=1S/C11H23NO/c1-3-10(12)11(13)9-6-4-8(2)5-7-9/h8-11,13H,3-7,12H2,1-2H3/t8?,9?,10-,11?/m1/s1. The van der Waals surface area contributed by atoms with Gasteiger partial charge in [-0.05, 0) is 31.1 Å². The maximum Gasteiger partial charge on any atom is 0.0719 e. The summed E-state index contributed by atoms with van der Waals surface area (Å²) in [6.07, 6.45) is 5.47. The Hall–Kier alpha value is -0.0800. The van der Waals surface area contributed by atoms with E-state index in [2.05, 4.69) is 6.92 Å². The minimum Gasteiger partial charge on any atom is -0.391 e. The van der Waals surface area contributed by atoms with Crippen LogP contribution in [-0.4, -0.2) is 17.3 Å². The fraction of sp³-hybridized carbons (Fsp3) is 1.00. The summed E-state index contributed by atoms with van der Waals surface area (Å²) >= 11 is 0. The molecule has 0 aromatic rings. The van der Waals surface area contributed by atoms with E-state index in [0.717, 1.165) is 25.2 Å². The molecule has 1 fully saturated rings. The number of hydrogen-bond donors (Lipinski definition) is 2. The predicted octanol–water partition coefficient (Wildman–Crippen LogP) is 1.91. The Labute approximate surface area is 81.5 Å². The smallest absolute Gasteiger partial charge is 0.0719 e. The highest BCUT2D eigenvalue weighted by molar-refractivity contribution is 4.81. The molecule has 0 aromatic heterocycles. The van der Waals surface area contributed by atoms with Gasteiger partial charge >= 0.3 is 0 Å². The normalized spacial score (nSPS) is 34.2. The van der Waals surface area contributed by atoms with Crippen LogP contribution < -0.4 is 5.73 Å². The summed E-state index contributed by atoms with van der Waals surface area (Å²) in [5, 5.41) is 9.90. The molecule has 0 amide bonds. The second kappa shape index (κ2) is 4.97. The molecule has 1 aliphatic carbocycles. The van der Waals surface area contributed by atoms with E-state index in [0.29, 0.717) is 5.92 Å². The minimum absolute atomic E-state index is 0.0154. The van der Waals surface area contributed by atoms with Crippen molar-refractivity contribution in [3.05, 3.63) is 0 Å². The SMILES string of the molecule is CC[C@@H](N)C(O)C1CCC(C)CC1. The monoisotopic (exact) mass is 185 g/mol. The second-order valence-electron chi connectivity index (χ2n) is 4.58. The molecular formula is C11H23NO. The lowest BCUT2D eigenvalue weighted by molar-refractivity contribution is 0.0535.